The highest BCUT2D eigenvalue weighted by Gasteiger charge is 2.18. The number of nitrogens with one attached hydrogen (secondary N) is 2. The summed E-state index contributed by atoms with van der Waals surface area (Å²) in [5.41, 5.74) is -0.181. The third-order valence-corrected chi connectivity index (χ3v) is 4.19. The standard InChI is InChI=1S/C19H19FN4O4S/c1-10(25)21-17-22-13-7-8-15(24-16(13)29-17)27-11-5-6-12(20)14(9-11)23-18(26)28-19(2,3)4/h5-9H,1-4H3,(H,23,26)(H,21,22,25). The molecule has 0 atom stereocenters. The smallest absolute Gasteiger partial charge is 0.412 e. The number of nitrogens with zero attached hydrogens (tertiary/aromatic N) is 2. The predicted molar refractivity (Wildman–Crippen MR) is 108 cm³/mol. The van der Waals surface area contributed by atoms with E-state index in [2.05, 4.69) is 20.6 Å². The first-order chi connectivity index (χ1) is 13.6. The van der Waals surface area contributed by atoms with E-state index in [0.29, 0.717) is 15.5 Å². The lowest BCUT2D eigenvalue weighted by atomic mass is 10.2. The molecule has 152 valence electrons. The maximum Gasteiger partial charge on any atom is 0.412 e. The van der Waals surface area contributed by atoms with Crippen molar-refractivity contribution in [3.8, 4) is 11.6 Å². The van der Waals surface area contributed by atoms with Crippen molar-refractivity contribution in [2.24, 2.45) is 0 Å². The molecule has 0 aliphatic heterocycles. The Bertz CT molecular complexity index is 1080. The van der Waals surface area contributed by atoms with Crippen LogP contribution in [0.3, 0.4) is 0 Å². The number of amides is 2. The molecule has 0 aliphatic carbocycles. The third kappa shape index (κ3) is 5.61. The maximum absolute atomic E-state index is 14.0. The molecule has 3 aromatic rings. The Labute approximate surface area is 170 Å². The molecule has 2 aromatic heterocycles. The molecule has 0 saturated carbocycles. The minimum Gasteiger partial charge on any atom is -0.444 e. The fourth-order valence-electron chi connectivity index (χ4n) is 2.26. The zero-order valence-electron chi connectivity index (χ0n) is 16.2. The first-order valence-electron chi connectivity index (χ1n) is 8.62. The summed E-state index contributed by atoms with van der Waals surface area (Å²) in [7, 11) is 0. The second-order valence-electron chi connectivity index (χ2n) is 7.04. The fourth-order valence-corrected chi connectivity index (χ4v) is 3.13. The van der Waals surface area contributed by atoms with Crippen LogP contribution in [0.5, 0.6) is 11.6 Å². The summed E-state index contributed by atoms with van der Waals surface area (Å²) < 4.78 is 24.8. The number of anilines is 2. The van der Waals surface area contributed by atoms with Gasteiger partial charge in [-0.25, -0.2) is 19.2 Å². The summed E-state index contributed by atoms with van der Waals surface area (Å²) in [6.45, 7) is 6.52. The van der Waals surface area contributed by atoms with Crippen LogP contribution in [-0.4, -0.2) is 27.6 Å². The molecule has 29 heavy (non-hydrogen) atoms. The number of pyridine rings is 1. The van der Waals surface area contributed by atoms with Crippen LogP contribution in [-0.2, 0) is 9.53 Å². The van der Waals surface area contributed by atoms with Gasteiger partial charge in [0.2, 0.25) is 11.8 Å². The summed E-state index contributed by atoms with van der Waals surface area (Å²) in [6, 6.07) is 7.21. The van der Waals surface area contributed by atoms with Crippen LogP contribution in [0.25, 0.3) is 10.3 Å². The van der Waals surface area contributed by atoms with E-state index in [1.165, 1.54) is 36.5 Å². The Kier molecular flexibility index (Phi) is 5.64. The lowest BCUT2D eigenvalue weighted by molar-refractivity contribution is -0.114. The zero-order chi connectivity index (χ0) is 21.2. The number of fused-ring (bicyclic) bond motifs is 1. The highest BCUT2D eigenvalue weighted by molar-refractivity contribution is 7.21. The minimum atomic E-state index is -0.775. The summed E-state index contributed by atoms with van der Waals surface area (Å²) >= 11 is 1.20. The SMILES string of the molecule is CC(=O)Nc1nc2ccc(Oc3ccc(F)c(NC(=O)OC(C)(C)C)c3)nc2s1. The number of carbonyl (C=O) groups excluding carboxylic acids is 2. The molecular weight excluding hydrogens is 399 g/mol. The highest BCUT2D eigenvalue weighted by Crippen LogP contribution is 2.30. The van der Waals surface area contributed by atoms with Gasteiger partial charge >= 0.3 is 6.09 Å². The number of carbonyl (C=O) groups is 2. The number of thiazole rings is 1. The minimum absolute atomic E-state index is 0.0800. The molecule has 2 heterocycles. The van der Waals surface area contributed by atoms with Gasteiger partial charge in [-0.2, -0.15) is 0 Å². The molecule has 3 rings (SSSR count). The lowest BCUT2D eigenvalue weighted by Crippen LogP contribution is -2.27. The van der Waals surface area contributed by atoms with E-state index in [1.807, 2.05) is 0 Å². The molecule has 8 nitrogen and oxygen atoms in total. The van der Waals surface area contributed by atoms with Crippen molar-refractivity contribution in [1.29, 1.82) is 0 Å². The Hall–Kier alpha value is -3.27. The van der Waals surface area contributed by atoms with Crippen molar-refractivity contribution in [2.45, 2.75) is 33.3 Å². The number of halogens is 1. The molecule has 2 amide bonds. The van der Waals surface area contributed by atoms with Crippen LogP contribution in [0, 0.1) is 5.82 Å². The van der Waals surface area contributed by atoms with Crippen LogP contribution in [0.2, 0.25) is 0 Å². The van der Waals surface area contributed by atoms with E-state index in [-0.39, 0.29) is 23.2 Å². The van der Waals surface area contributed by atoms with Crippen molar-refractivity contribution in [3.05, 3.63) is 36.1 Å². The Morgan fingerprint density at radius 3 is 2.55 bits per heavy atom. The van der Waals surface area contributed by atoms with Gasteiger partial charge in [0.25, 0.3) is 0 Å². The van der Waals surface area contributed by atoms with Gasteiger partial charge in [0, 0.05) is 19.1 Å². The van der Waals surface area contributed by atoms with E-state index >= 15 is 0 Å². The quantitative estimate of drug-likeness (QED) is 0.623. The third-order valence-electron chi connectivity index (χ3n) is 3.31. The fraction of sp³-hybridized carbons (Fsp3) is 0.263. The first kappa shape index (κ1) is 20.5. The number of benzene rings is 1. The number of hydrogen-bond donors (Lipinski definition) is 2. The van der Waals surface area contributed by atoms with Crippen LogP contribution >= 0.6 is 11.3 Å². The molecular formula is C19H19FN4O4S. The van der Waals surface area contributed by atoms with Crippen LogP contribution in [0.15, 0.2) is 30.3 Å². The molecule has 0 bridgehead atoms. The number of hydrogen-bond acceptors (Lipinski definition) is 7. The van der Waals surface area contributed by atoms with Gasteiger partial charge in [0.15, 0.2) is 5.13 Å². The van der Waals surface area contributed by atoms with Crippen LogP contribution in [0.1, 0.15) is 27.7 Å². The van der Waals surface area contributed by atoms with E-state index in [1.54, 1.807) is 32.9 Å². The van der Waals surface area contributed by atoms with Gasteiger partial charge in [-0.3, -0.25) is 10.1 Å². The van der Waals surface area contributed by atoms with Crippen molar-refractivity contribution < 1.29 is 23.5 Å². The molecule has 0 fully saturated rings. The molecule has 0 spiro atoms. The summed E-state index contributed by atoms with van der Waals surface area (Å²) in [5.74, 6) is -0.327. The average Bonchev–Trinajstić information content (AvgIpc) is 2.96. The van der Waals surface area contributed by atoms with Gasteiger partial charge in [-0.15, -0.1) is 0 Å². The van der Waals surface area contributed by atoms with E-state index in [0.717, 1.165) is 0 Å². The molecule has 0 unspecified atom stereocenters. The highest BCUT2D eigenvalue weighted by atomic mass is 32.1. The maximum atomic E-state index is 14.0. The Morgan fingerprint density at radius 1 is 1.10 bits per heavy atom. The summed E-state index contributed by atoms with van der Waals surface area (Å²) in [4.78, 5) is 32.2. The van der Waals surface area contributed by atoms with Crippen molar-refractivity contribution in [1.82, 2.24) is 9.97 Å². The normalized spacial score (nSPS) is 11.2. The van der Waals surface area contributed by atoms with Gasteiger partial charge in [-0.05, 0) is 39.0 Å². The van der Waals surface area contributed by atoms with Gasteiger partial charge < -0.3 is 14.8 Å². The van der Waals surface area contributed by atoms with Crippen LogP contribution < -0.4 is 15.4 Å². The molecule has 1 aromatic carbocycles. The Morgan fingerprint density at radius 2 is 1.86 bits per heavy atom. The van der Waals surface area contributed by atoms with E-state index < -0.39 is 17.5 Å². The molecule has 0 saturated heterocycles. The van der Waals surface area contributed by atoms with Crippen molar-refractivity contribution >= 4 is 44.5 Å². The molecule has 0 radical (unpaired) electrons. The number of rotatable bonds is 4. The molecule has 10 heteroatoms. The van der Waals surface area contributed by atoms with Crippen molar-refractivity contribution in [2.75, 3.05) is 10.6 Å². The van der Waals surface area contributed by atoms with E-state index in [4.69, 9.17) is 9.47 Å². The topological polar surface area (TPSA) is 102 Å². The predicted octanol–water partition coefficient (Wildman–Crippen LogP) is 4.93. The van der Waals surface area contributed by atoms with Gasteiger partial charge in [0.1, 0.15) is 27.5 Å². The van der Waals surface area contributed by atoms with Gasteiger partial charge in [-0.1, -0.05) is 11.3 Å². The summed E-state index contributed by atoms with van der Waals surface area (Å²) in [6.07, 6.45) is -0.775. The largest absolute Gasteiger partial charge is 0.444 e. The number of ether oxygens (including phenoxy) is 2. The lowest BCUT2D eigenvalue weighted by Gasteiger charge is -2.20. The zero-order valence-corrected chi connectivity index (χ0v) is 17.0. The molecule has 2 N–H and O–H groups in total. The van der Waals surface area contributed by atoms with Crippen molar-refractivity contribution in [3.63, 3.8) is 0 Å². The van der Waals surface area contributed by atoms with Gasteiger partial charge in [0.05, 0.1) is 5.69 Å². The first-order valence-corrected chi connectivity index (χ1v) is 9.43. The second-order valence-corrected chi connectivity index (χ2v) is 8.02. The molecule has 0 aliphatic rings. The van der Waals surface area contributed by atoms with E-state index in [9.17, 15) is 14.0 Å². The second kappa shape index (κ2) is 8.00. The number of aromatic nitrogens is 2. The summed E-state index contributed by atoms with van der Waals surface area (Å²) in [5, 5.41) is 5.40. The Balaban J connectivity index is 1.77. The average molecular weight is 418 g/mol. The monoisotopic (exact) mass is 418 g/mol. The van der Waals surface area contributed by atoms with Crippen LogP contribution in [0.4, 0.5) is 20.0 Å².